The molecule has 4 N–H and O–H groups in total. The minimum absolute atomic E-state index is 0.137. The number of carbonyl (C=O) groups is 3. The number of esters is 2. The molecule has 0 fully saturated rings. The fourth-order valence-electron chi connectivity index (χ4n) is 5.90. The van der Waals surface area contributed by atoms with Gasteiger partial charge < -0.3 is 25.2 Å². The molecular weight excluding hydrogens is 733 g/mol. The Labute approximate surface area is 340 Å². The fourth-order valence-corrected chi connectivity index (χ4v) is 6.67. The molecular formula is C44H80NO10P. The number of rotatable bonds is 41. The Kier molecular flexibility index (Phi) is 37.9. The van der Waals surface area contributed by atoms with E-state index in [9.17, 15) is 23.8 Å². The summed E-state index contributed by atoms with van der Waals surface area (Å²) in [5, 5.41) is 8.89. The van der Waals surface area contributed by atoms with E-state index in [0.717, 1.165) is 64.2 Å². The minimum Gasteiger partial charge on any atom is -0.480 e. The molecule has 326 valence electrons. The standard InChI is InChI=1S/C44H80NO10P/c1-3-5-7-9-11-13-15-17-19-20-22-24-26-28-30-32-34-36-43(47)55-40(38-53-56(50,51)54-39-41(45)44(48)49)37-52-42(46)35-33-31-29-27-25-23-21-18-16-14-12-10-8-6-4-2/h11,13,17,19,22,24,40-41H,3-10,12,14-16,18,20-21,23,25-39,45H2,1-2H3,(H,48,49)(H,50,51)/b13-11-,19-17-,24-22-/t40-,41+/m1/s1. The summed E-state index contributed by atoms with van der Waals surface area (Å²) in [6, 6.07) is -1.52. The third-order valence-corrected chi connectivity index (χ3v) is 10.3. The number of phosphoric acid groups is 1. The molecule has 0 aliphatic heterocycles. The van der Waals surface area contributed by atoms with E-state index in [1.165, 1.54) is 89.9 Å². The first-order chi connectivity index (χ1) is 27.1. The highest BCUT2D eigenvalue weighted by Crippen LogP contribution is 2.43. The largest absolute Gasteiger partial charge is 0.480 e. The van der Waals surface area contributed by atoms with Crippen LogP contribution in [0.25, 0.3) is 0 Å². The minimum atomic E-state index is -4.72. The van der Waals surface area contributed by atoms with Crippen molar-refractivity contribution in [2.24, 2.45) is 5.73 Å². The van der Waals surface area contributed by atoms with E-state index < -0.39 is 51.1 Å². The fraction of sp³-hybridized carbons (Fsp3) is 0.795. The number of carbonyl (C=O) groups excluding carboxylic acids is 2. The van der Waals surface area contributed by atoms with Crippen LogP contribution < -0.4 is 5.73 Å². The van der Waals surface area contributed by atoms with Gasteiger partial charge in [-0.05, 0) is 51.4 Å². The van der Waals surface area contributed by atoms with Crippen molar-refractivity contribution >= 4 is 25.7 Å². The second kappa shape index (κ2) is 39.5. The molecule has 0 heterocycles. The molecule has 0 spiro atoms. The maximum Gasteiger partial charge on any atom is 0.472 e. The van der Waals surface area contributed by atoms with Gasteiger partial charge in [0.1, 0.15) is 12.6 Å². The molecule has 0 aromatic carbocycles. The zero-order valence-electron chi connectivity index (χ0n) is 35.2. The first-order valence-electron chi connectivity index (χ1n) is 22.0. The zero-order valence-corrected chi connectivity index (χ0v) is 36.1. The van der Waals surface area contributed by atoms with E-state index in [1.54, 1.807) is 0 Å². The molecule has 0 rings (SSSR count). The van der Waals surface area contributed by atoms with Crippen LogP contribution in [0.1, 0.15) is 194 Å². The quantitative estimate of drug-likeness (QED) is 0.0232. The SMILES string of the molecule is CCCCC/C=C\C/C=C\C/C=C\CCCCCCC(=O)O[C@H](COC(=O)CCCCCCCCCCCCCCCCC)COP(=O)(O)OC[C@H](N)C(=O)O. The number of carboxylic acid groups (broad SMARTS) is 1. The third-order valence-electron chi connectivity index (χ3n) is 9.39. The van der Waals surface area contributed by atoms with Crippen molar-refractivity contribution in [2.45, 2.75) is 206 Å². The molecule has 0 aliphatic carbocycles. The maximum atomic E-state index is 12.6. The van der Waals surface area contributed by atoms with E-state index in [-0.39, 0.29) is 19.4 Å². The van der Waals surface area contributed by atoms with Crippen LogP contribution in [0.5, 0.6) is 0 Å². The lowest BCUT2D eigenvalue weighted by molar-refractivity contribution is -0.161. The molecule has 0 aliphatic rings. The normalized spacial score (nSPS) is 14.1. The van der Waals surface area contributed by atoms with Crippen molar-refractivity contribution in [1.82, 2.24) is 0 Å². The van der Waals surface area contributed by atoms with Gasteiger partial charge in [-0.2, -0.15) is 0 Å². The number of phosphoric ester groups is 1. The van der Waals surface area contributed by atoms with Crippen LogP contribution in [-0.4, -0.2) is 59.9 Å². The topological polar surface area (TPSA) is 172 Å². The number of ether oxygens (including phenoxy) is 2. The molecule has 0 radical (unpaired) electrons. The first-order valence-corrected chi connectivity index (χ1v) is 23.5. The number of aliphatic carboxylic acids is 1. The molecule has 0 saturated heterocycles. The highest BCUT2D eigenvalue weighted by atomic mass is 31.2. The number of carboxylic acids is 1. The summed E-state index contributed by atoms with van der Waals surface area (Å²) in [6.07, 6.45) is 42.0. The van der Waals surface area contributed by atoms with Crippen molar-refractivity contribution in [3.63, 3.8) is 0 Å². The second-order valence-electron chi connectivity index (χ2n) is 14.8. The monoisotopic (exact) mass is 814 g/mol. The van der Waals surface area contributed by atoms with Gasteiger partial charge in [-0.25, -0.2) is 4.57 Å². The number of hydrogen-bond donors (Lipinski definition) is 3. The van der Waals surface area contributed by atoms with Gasteiger partial charge in [0, 0.05) is 12.8 Å². The van der Waals surface area contributed by atoms with Crippen molar-refractivity contribution in [2.75, 3.05) is 19.8 Å². The third kappa shape index (κ3) is 38.6. The van der Waals surface area contributed by atoms with Gasteiger partial charge in [-0.15, -0.1) is 0 Å². The molecule has 0 amide bonds. The van der Waals surface area contributed by atoms with Crippen molar-refractivity contribution in [3.8, 4) is 0 Å². The molecule has 56 heavy (non-hydrogen) atoms. The predicted molar refractivity (Wildman–Crippen MR) is 226 cm³/mol. The van der Waals surface area contributed by atoms with E-state index >= 15 is 0 Å². The lowest BCUT2D eigenvalue weighted by Crippen LogP contribution is -2.34. The summed E-state index contributed by atoms with van der Waals surface area (Å²) in [5.74, 6) is -2.40. The van der Waals surface area contributed by atoms with Gasteiger partial charge in [0.05, 0.1) is 13.2 Å². The average Bonchev–Trinajstić information content (AvgIpc) is 3.17. The summed E-state index contributed by atoms with van der Waals surface area (Å²) in [7, 11) is -4.72. The Morgan fingerprint density at radius 1 is 0.554 bits per heavy atom. The Balaban J connectivity index is 4.39. The van der Waals surface area contributed by atoms with Gasteiger partial charge in [-0.1, -0.05) is 166 Å². The summed E-state index contributed by atoms with van der Waals surface area (Å²) >= 11 is 0. The summed E-state index contributed by atoms with van der Waals surface area (Å²) in [6.45, 7) is 2.76. The van der Waals surface area contributed by atoms with Crippen LogP contribution in [0.2, 0.25) is 0 Å². The van der Waals surface area contributed by atoms with E-state index in [1.807, 2.05) is 0 Å². The van der Waals surface area contributed by atoms with Crippen LogP contribution in [0, 0.1) is 0 Å². The number of allylic oxidation sites excluding steroid dienone is 6. The smallest absolute Gasteiger partial charge is 0.472 e. The number of nitrogens with two attached hydrogens (primary N) is 1. The zero-order chi connectivity index (χ0) is 41.4. The number of unbranched alkanes of at least 4 members (excludes halogenated alkanes) is 21. The van der Waals surface area contributed by atoms with Gasteiger partial charge in [0.2, 0.25) is 0 Å². The average molecular weight is 814 g/mol. The van der Waals surface area contributed by atoms with Crippen LogP contribution in [-0.2, 0) is 37.5 Å². The molecule has 1 unspecified atom stereocenters. The highest BCUT2D eigenvalue weighted by Gasteiger charge is 2.28. The molecule has 0 saturated carbocycles. The van der Waals surface area contributed by atoms with Gasteiger partial charge >= 0.3 is 25.7 Å². The van der Waals surface area contributed by atoms with Gasteiger partial charge in [0.25, 0.3) is 0 Å². The van der Waals surface area contributed by atoms with Crippen LogP contribution >= 0.6 is 7.82 Å². The van der Waals surface area contributed by atoms with Crippen molar-refractivity contribution in [3.05, 3.63) is 36.5 Å². The molecule has 0 aromatic heterocycles. The first kappa shape index (κ1) is 53.7. The van der Waals surface area contributed by atoms with Crippen molar-refractivity contribution in [1.29, 1.82) is 0 Å². The number of hydrogen-bond acceptors (Lipinski definition) is 9. The van der Waals surface area contributed by atoms with E-state index in [4.69, 9.17) is 24.8 Å². The van der Waals surface area contributed by atoms with Crippen LogP contribution in [0.15, 0.2) is 36.5 Å². The second-order valence-corrected chi connectivity index (χ2v) is 16.3. The van der Waals surface area contributed by atoms with E-state index in [0.29, 0.717) is 12.8 Å². The van der Waals surface area contributed by atoms with Crippen LogP contribution in [0.3, 0.4) is 0 Å². The molecule has 3 atom stereocenters. The summed E-state index contributed by atoms with van der Waals surface area (Å²) < 4.78 is 32.7. The highest BCUT2D eigenvalue weighted by molar-refractivity contribution is 7.47. The van der Waals surface area contributed by atoms with Gasteiger partial charge in [-0.3, -0.25) is 23.4 Å². The Hall–Kier alpha value is -2.30. The molecule has 11 nitrogen and oxygen atoms in total. The predicted octanol–water partition coefficient (Wildman–Crippen LogP) is 11.6. The molecule has 12 heteroatoms. The Morgan fingerprint density at radius 3 is 1.45 bits per heavy atom. The van der Waals surface area contributed by atoms with Gasteiger partial charge in [0.15, 0.2) is 6.10 Å². The lowest BCUT2D eigenvalue weighted by atomic mass is 10.0. The summed E-state index contributed by atoms with van der Waals surface area (Å²) in [5.41, 5.74) is 5.33. The maximum absolute atomic E-state index is 12.6. The summed E-state index contributed by atoms with van der Waals surface area (Å²) in [4.78, 5) is 45.9. The van der Waals surface area contributed by atoms with Crippen LogP contribution in [0.4, 0.5) is 0 Å². The van der Waals surface area contributed by atoms with E-state index in [2.05, 4.69) is 54.8 Å². The molecule has 0 aromatic rings. The van der Waals surface area contributed by atoms with Crippen molar-refractivity contribution < 1.29 is 47.5 Å². The molecule has 0 bridgehead atoms. The Bertz CT molecular complexity index is 1100. The lowest BCUT2D eigenvalue weighted by Gasteiger charge is -2.20. The Morgan fingerprint density at radius 2 is 0.946 bits per heavy atom.